The fourth-order valence-electron chi connectivity index (χ4n) is 2.17. The van der Waals surface area contributed by atoms with Gasteiger partial charge in [-0.1, -0.05) is 12.1 Å². The highest BCUT2D eigenvalue weighted by molar-refractivity contribution is 7.16. The van der Waals surface area contributed by atoms with Crippen molar-refractivity contribution in [2.75, 3.05) is 13.1 Å². The van der Waals surface area contributed by atoms with Crippen LogP contribution in [0.15, 0.2) is 30.5 Å². The van der Waals surface area contributed by atoms with Gasteiger partial charge in [0.15, 0.2) is 0 Å². The minimum absolute atomic E-state index is 0.140. The molecule has 6 heteroatoms. The van der Waals surface area contributed by atoms with Crippen molar-refractivity contribution in [2.45, 2.75) is 12.5 Å². The molecule has 2 aromatic rings. The van der Waals surface area contributed by atoms with Crippen LogP contribution >= 0.6 is 11.3 Å². The van der Waals surface area contributed by atoms with Crippen molar-refractivity contribution in [3.63, 3.8) is 0 Å². The number of thiazole rings is 1. The summed E-state index contributed by atoms with van der Waals surface area (Å²) >= 11 is 1.21. The van der Waals surface area contributed by atoms with Crippen molar-refractivity contribution >= 4 is 17.2 Å². The molecular formula is C14H14FN3OS. The number of nitrogens with zero attached hydrogens (tertiary/aromatic N) is 1. The number of benzene rings is 1. The van der Waals surface area contributed by atoms with E-state index in [1.807, 2.05) is 0 Å². The molecule has 1 aliphatic rings. The highest BCUT2D eigenvalue weighted by Gasteiger charge is 2.19. The van der Waals surface area contributed by atoms with Crippen molar-refractivity contribution in [1.29, 1.82) is 0 Å². The zero-order valence-corrected chi connectivity index (χ0v) is 11.5. The van der Waals surface area contributed by atoms with Gasteiger partial charge in [0.2, 0.25) is 0 Å². The van der Waals surface area contributed by atoms with Gasteiger partial charge in [0.25, 0.3) is 5.91 Å². The van der Waals surface area contributed by atoms with Gasteiger partial charge < -0.3 is 10.6 Å². The van der Waals surface area contributed by atoms with Crippen LogP contribution < -0.4 is 10.6 Å². The van der Waals surface area contributed by atoms with Gasteiger partial charge in [-0.2, -0.15) is 0 Å². The number of hydrogen-bond donors (Lipinski definition) is 2. The molecule has 0 radical (unpaired) electrons. The average molecular weight is 291 g/mol. The SMILES string of the molecule is O=C(NC1CCNC1)c1cnc(-c2ccccc2F)s1. The Bertz CT molecular complexity index is 622. The molecule has 2 heterocycles. The van der Waals surface area contributed by atoms with E-state index in [0.717, 1.165) is 19.5 Å². The van der Waals surface area contributed by atoms with E-state index in [4.69, 9.17) is 0 Å². The summed E-state index contributed by atoms with van der Waals surface area (Å²) in [5.74, 6) is -0.465. The molecule has 1 aromatic carbocycles. The van der Waals surface area contributed by atoms with Crippen LogP contribution in [-0.2, 0) is 0 Å². The molecule has 2 N–H and O–H groups in total. The predicted molar refractivity (Wildman–Crippen MR) is 76.2 cm³/mol. The average Bonchev–Trinajstić information content (AvgIpc) is 3.10. The summed E-state index contributed by atoms with van der Waals surface area (Å²) in [5.41, 5.74) is 0.430. The maximum Gasteiger partial charge on any atom is 0.263 e. The Kier molecular flexibility index (Phi) is 3.75. The molecule has 0 bridgehead atoms. The molecule has 0 spiro atoms. The summed E-state index contributed by atoms with van der Waals surface area (Å²) in [4.78, 5) is 16.7. The Hall–Kier alpha value is -1.79. The number of rotatable bonds is 3. The maximum absolute atomic E-state index is 13.7. The van der Waals surface area contributed by atoms with E-state index in [2.05, 4.69) is 15.6 Å². The fraction of sp³-hybridized carbons (Fsp3) is 0.286. The third-order valence-electron chi connectivity index (χ3n) is 3.23. The molecule has 1 unspecified atom stereocenters. The highest BCUT2D eigenvalue weighted by atomic mass is 32.1. The molecule has 4 nitrogen and oxygen atoms in total. The van der Waals surface area contributed by atoms with Gasteiger partial charge >= 0.3 is 0 Å². The zero-order valence-electron chi connectivity index (χ0n) is 10.7. The second-order valence-electron chi connectivity index (χ2n) is 4.67. The van der Waals surface area contributed by atoms with Gasteiger partial charge in [0, 0.05) is 18.2 Å². The molecular weight excluding hydrogens is 277 g/mol. The van der Waals surface area contributed by atoms with Crippen molar-refractivity contribution in [3.8, 4) is 10.6 Å². The first-order chi connectivity index (χ1) is 9.74. The second-order valence-corrected chi connectivity index (χ2v) is 5.70. The van der Waals surface area contributed by atoms with Crippen LogP contribution in [0.25, 0.3) is 10.6 Å². The standard InChI is InChI=1S/C14H14FN3OS/c15-11-4-2-1-3-10(11)14-17-8-12(20-14)13(19)18-9-5-6-16-7-9/h1-4,8-9,16H,5-7H2,(H,18,19). The lowest BCUT2D eigenvalue weighted by atomic mass is 10.2. The van der Waals surface area contributed by atoms with Crippen LogP contribution in [0.4, 0.5) is 4.39 Å². The van der Waals surface area contributed by atoms with Crippen LogP contribution in [0.3, 0.4) is 0 Å². The molecule has 1 fully saturated rings. The van der Waals surface area contributed by atoms with Gasteiger partial charge in [0.1, 0.15) is 15.7 Å². The quantitative estimate of drug-likeness (QED) is 0.910. The van der Waals surface area contributed by atoms with Crippen molar-refractivity contribution < 1.29 is 9.18 Å². The van der Waals surface area contributed by atoms with E-state index in [1.165, 1.54) is 23.6 Å². The first-order valence-electron chi connectivity index (χ1n) is 6.46. The fourth-order valence-corrected chi connectivity index (χ4v) is 3.02. The number of halogens is 1. The molecule has 104 valence electrons. The predicted octanol–water partition coefficient (Wildman–Crippen LogP) is 2.04. The zero-order chi connectivity index (χ0) is 13.9. The van der Waals surface area contributed by atoms with E-state index >= 15 is 0 Å². The Morgan fingerprint density at radius 3 is 3.05 bits per heavy atom. The van der Waals surface area contributed by atoms with Gasteiger partial charge in [-0.25, -0.2) is 9.37 Å². The summed E-state index contributed by atoms with van der Waals surface area (Å²) < 4.78 is 13.7. The van der Waals surface area contributed by atoms with Gasteiger partial charge in [0.05, 0.1) is 6.20 Å². The molecule has 1 aromatic heterocycles. The molecule has 0 saturated carbocycles. The Morgan fingerprint density at radius 2 is 2.30 bits per heavy atom. The van der Waals surface area contributed by atoms with Gasteiger partial charge in [-0.05, 0) is 25.1 Å². The van der Waals surface area contributed by atoms with Crippen molar-refractivity contribution in [1.82, 2.24) is 15.6 Å². The van der Waals surface area contributed by atoms with Crippen LogP contribution in [0.1, 0.15) is 16.1 Å². The highest BCUT2D eigenvalue weighted by Crippen LogP contribution is 2.27. The largest absolute Gasteiger partial charge is 0.347 e. The third-order valence-corrected chi connectivity index (χ3v) is 4.26. The number of amides is 1. The number of carbonyl (C=O) groups excluding carboxylic acids is 1. The summed E-state index contributed by atoms with van der Waals surface area (Å²) in [7, 11) is 0. The molecule has 1 atom stereocenters. The van der Waals surface area contributed by atoms with E-state index in [0.29, 0.717) is 15.4 Å². The van der Waals surface area contributed by atoms with E-state index in [1.54, 1.807) is 18.2 Å². The second kappa shape index (κ2) is 5.68. The molecule has 1 aliphatic heterocycles. The summed E-state index contributed by atoms with van der Waals surface area (Å²) in [5, 5.41) is 6.67. The Morgan fingerprint density at radius 1 is 1.45 bits per heavy atom. The monoisotopic (exact) mass is 291 g/mol. The molecule has 1 saturated heterocycles. The smallest absolute Gasteiger partial charge is 0.263 e. The van der Waals surface area contributed by atoms with Gasteiger partial charge in [-0.15, -0.1) is 11.3 Å². The minimum atomic E-state index is -0.325. The van der Waals surface area contributed by atoms with Crippen molar-refractivity contribution in [3.05, 3.63) is 41.2 Å². The summed E-state index contributed by atoms with van der Waals surface area (Å²) in [6, 6.07) is 6.61. The third kappa shape index (κ3) is 2.71. The molecule has 0 aliphatic carbocycles. The van der Waals surface area contributed by atoms with Crippen LogP contribution in [0, 0.1) is 5.82 Å². The van der Waals surface area contributed by atoms with Crippen LogP contribution in [0.5, 0.6) is 0 Å². The number of hydrogen-bond acceptors (Lipinski definition) is 4. The lowest BCUT2D eigenvalue weighted by Gasteiger charge is -2.09. The maximum atomic E-state index is 13.7. The normalized spacial score (nSPS) is 18.1. The molecule has 1 amide bonds. The molecule has 3 rings (SSSR count). The van der Waals surface area contributed by atoms with Crippen molar-refractivity contribution in [2.24, 2.45) is 0 Å². The van der Waals surface area contributed by atoms with Gasteiger partial charge in [-0.3, -0.25) is 4.79 Å². The topological polar surface area (TPSA) is 54.0 Å². The first-order valence-corrected chi connectivity index (χ1v) is 7.28. The number of nitrogens with one attached hydrogen (secondary N) is 2. The van der Waals surface area contributed by atoms with Crippen LogP contribution in [0.2, 0.25) is 0 Å². The lowest BCUT2D eigenvalue weighted by Crippen LogP contribution is -2.35. The Labute approximate surface area is 120 Å². The lowest BCUT2D eigenvalue weighted by molar-refractivity contribution is 0.0944. The Balaban J connectivity index is 1.76. The molecule has 20 heavy (non-hydrogen) atoms. The summed E-state index contributed by atoms with van der Waals surface area (Å²) in [6.45, 7) is 1.72. The number of carbonyl (C=O) groups is 1. The number of aromatic nitrogens is 1. The van der Waals surface area contributed by atoms with E-state index in [9.17, 15) is 9.18 Å². The van der Waals surface area contributed by atoms with E-state index in [-0.39, 0.29) is 17.8 Å². The first kappa shape index (κ1) is 13.2. The van der Waals surface area contributed by atoms with Crippen LogP contribution in [-0.4, -0.2) is 30.0 Å². The minimum Gasteiger partial charge on any atom is -0.347 e. The van der Waals surface area contributed by atoms with E-state index < -0.39 is 0 Å². The summed E-state index contributed by atoms with van der Waals surface area (Å²) in [6.07, 6.45) is 2.44.